The molecule has 0 aromatic heterocycles. The van der Waals surface area contributed by atoms with Gasteiger partial charge in [0.1, 0.15) is 5.75 Å². The molecule has 0 fully saturated rings. The number of carbonyl (C=O) groups is 1. The van der Waals surface area contributed by atoms with Crippen molar-refractivity contribution in [2.45, 2.75) is 52.1 Å². The Balaban J connectivity index is 2.76. The van der Waals surface area contributed by atoms with Gasteiger partial charge in [0.25, 0.3) is 0 Å². The zero-order valence-corrected chi connectivity index (χ0v) is 11.6. The Labute approximate surface area is 109 Å². The van der Waals surface area contributed by atoms with E-state index < -0.39 is 12.1 Å². The summed E-state index contributed by atoms with van der Waals surface area (Å²) in [6, 6.07) is 7.65. The Morgan fingerprint density at radius 2 is 1.83 bits per heavy atom. The number of hydrogen-bond acceptors (Lipinski definition) is 2. The van der Waals surface area contributed by atoms with E-state index in [0.29, 0.717) is 12.2 Å². The topological polar surface area (TPSA) is 46.5 Å². The highest BCUT2D eigenvalue weighted by atomic mass is 16.5. The highest BCUT2D eigenvalue weighted by Gasteiger charge is 2.19. The minimum absolute atomic E-state index is 0.0914. The molecule has 0 saturated carbocycles. The molecule has 3 heteroatoms. The number of ether oxygens (including phenoxy) is 1. The Morgan fingerprint density at radius 3 is 2.22 bits per heavy atom. The summed E-state index contributed by atoms with van der Waals surface area (Å²) in [7, 11) is 0. The van der Waals surface area contributed by atoms with Gasteiger partial charge in [0.2, 0.25) is 0 Å². The average Bonchev–Trinajstić information content (AvgIpc) is 2.28. The molecule has 3 nitrogen and oxygen atoms in total. The molecule has 100 valence electrons. The summed E-state index contributed by atoms with van der Waals surface area (Å²) in [6.45, 7) is 8.36. The first-order valence-electron chi connectivity index (χ1n) is 6.34. The lowest BCUT2D eigenvalue weighted by atomic mass is 9.87. The van der Waals surface area contributed by atoms with E-state index in [1.165, 1.54) is 5.56 Å². The van der Waals surface area contributed by atoms with E-state index >= 15 is 0 Å². The molecule has 1 atom stereocenters. The molecule has 0 amide bonds. The molecule has 1 N–H and O–H groups in total. The van der Waals surface area contributed by atoms with E-state index in [0.717, 1.165) is 6.42 Å². The molecule has 1 aromatic rings. The van der Waals surface area contributed by atoms with Gasteiger partial charge in [-0.25, -0.2) is 4.79 Å². The third-order valence-corrected chi connectivity index (χ3v) is 2.82. The minimum atomic E-state index is -0.906. The van der Waals surface area contributed by atoms with E-state index in [-0.39, 0.29) is 5.41 Å². The zero-order chi connectivity index (χ0) is 13.8. The second-order valence-electron chi connectivity index (χ2n) is 5.51. The number of carboxylic acids is 1. The summed E-state index contributed by atoms with van der Waals surface area (Å²) in [5.74, 6) is -0.291. The zero-order valence-electron chi connectivity index (χ0n) is 11.6. The van der Waals surface area contributed by atoms with Gasteiger partial charge in [-0.15, -0.1) is 0 Å². The van der Waals surface area contributed by atoms with E-state index in [9.17, 15) is 4.79 Å². The van der Waals surface area contributed by atoms with Crippen molar-refractivity contribution in [3.05, 3.63) is 29.8 Å². The Hall–Kier alpha value is -1.51. The van der Waals surface area contributed by atoms with Crippen molar-refractivity contribution in [2.24, 2.45) is 0 Å². The van der Waals surface area contributed by atoms with Crippen molar-refractivity contribution in [1.82, 2.24) is 0 Å². The molecular formula is C15H22O3. The molecule has 1 aromatic carbocycles. The average molecular weight is 250 g/mol. The van der Waals surface area contributed by atoms with Crippen LogP contribution < -0.4 is 4.74 Å². The number of hydrogen-bond donors (Lipinski definition) is 1. The normalized spacial score (nSPS) is 13.1. The lowest BCUT2D eigenvalue weighted by Gasteiger charge is -2.20. The molecule has 0 aliphatic carbocycles. The summed E-state index contributed by atoms with van der Waals surface area (Å²) < 4.78 is 5.48. The van der Waals surface area contributed by atoms with Gasteiger partial charge in [0.05, 0.1) is 0 Å². The molecule has 0 radical (unpaired) electrons. The van der Waals surface area contributed by atoms with E-state index in [1.54, 1.807) is 0 Å². The number of benzene rings is 1. The molecule has 1 rings (SSSR count). The predicted octanol–water partition coefficient (Wildman–Crippen LogP) is 3.62. The summed E-state index contributed by atoms with van der Waals surface area (Å²) in [6.07, 6.45) is 0.559. The van der Waals surface area contributed by atoms with Gasteiger partial charge in [-0.2, -0.15) is 0 Å². The summed E-state index contributed by atoms with van der Waals surface area (Å²) in [5, 5.41) is 9.02. The summed E-state index contributed by atoms with van der Waals surface area (Å²) in [4.78, 5) is 11.0. The third kappa shape index (κ3) is 4.06. The molecule has 1 unspecified atom stereocenters. The van der Waals surface area contributed by atoms with E-state index in [4.69, 9.17) is 9.84 Å². The van der Waals surface area contributed by atoms with Crippen LogP contribution in [-0.4, -0.2) is 17.2 Å². The van der Waals surface area contributed by atoms with Crippen LogP contribution >= 0.6 is 0 Å². The van der Waals surface area contributed by atoms with Crippen molar-refractivity contribution < 1.29 is 14.6 Å². The highest BCUT2D eigenvalue weighted by Crippen LogP contribution is 2.25. The van der Waals surface area contributed by atoms with Gasteiger partial charge in [-0.05, 0) is 29.5 Å². The first-order valence-corrected chi connectivity index (χ1v) is 6.34. The molecule has 0 spiro atoms. The fourth-order valence-electron chi connectivity index (χ4n) is 1.69. The van der Waals surface area contributed by atoms with Crippen LogP contribution in [0.15, 0.2) is 24.3 Å². The number of aliphatic carboxylic acids is 1. The molecule has 0 aliphatic heterocycles. The summed E-state index contributed by atoms with van der Waals surface area (Å²) in [5.41, 5.74) is 1.30. The highest BCUT2D eigenvalue weighted by molar-refractivity contribution is 5.72. The standard InChI is InChI=1S/C15H22O3/c1-5-6-13(14(16)17)18-12-9-7-11(8-10-12)15(2,3)4/h7-10,13H,5-6H2,1-4H3,(H,16,17). The SMILES string of the molecule is CCCC(Oc1ccc(C(C)(C)C)cc1)C(=O)O. The Kier molecular flexibility index (Phi) is 4.76. The van der Waals surface area contributed by atoms with Crippen LogP contribution in [0, 0.1) is 0 Å². The van der Waals surface area contributed by atoms with Gasteiger partial charge in [0.15, 0.2) is 6.10 Å². The van der Waals surface area contributed by atoms with Crippen molar-refractivity contribution >= 4 is 5.97 Å². The van der Waals surface area contributed by atoms with E-state index in [2.05, 4.69) is 20.8 Å². The predicted molar refractivity (Wildman–Crippen MR) is 72.1 cm³/mol. The quantitative estimate of drug-likeness (QED) is 0.868. The van der Waals surface area contributed by atoms with Gasteiger partial charge < -0.3 is 9.84 Å². The smallest absolute Gasteiger partial charge is 0.344 e. The monoisotopic (exact) mass is 250 g/mol. The fraction of sp³-hybridized carbons (Fsp3) is 0.533. The molecule has 0 aliphatic rings. The van der Waals surface area contributed by atoms with Gasteiger partial charge >= 0.3 is 5.97 Å². The van der Waals surface area contributed by atoms with Crippen molar-refractivity contribution in [3.8, 4) is 5.75 Å². The maximum atomic E-state index is 11.0. The van der Waals surface area contributed by atoms with Crippen LogP contribution in [-0.2, 0) is 10.2 Å². The van der Waals surface area contributed by atoms with Crippen LogP contribution in [0.5, 0.6) is 5.75 Å². The first kappa shape index (κ1) is 14.6. The Morgan fingerprint density at radius 1 is 1.28 bits per heavy atom. The molecule has 0 heterocycles. The molecular weight excluding hydrogens is 228 g/mol. The maximum Gasteiger partial charge on any atom is 0.344 e. The maximum absolute atomic E-state index is 11.0. The van der Waals surface area contributed by atoms with Crippen molar-refractivity contribution in [2.75, 3.05) is 0 Å². The lowest BCUT2D eigenvalue weighted by molar-refractivity contribution is -0.145. The van der Waals surface area contributed by atoms with Crippen molar-refractivity contribution in [1.29, 1.82) is 0 Å². The van der Waals surface area contributed by atoms with Crippen LogP contribution in [0.4, 0.5) is 0 Å². The lowest BCUT2D eigenvalue weighted by Crippen LogP contribution is -2.26. The molecule has 0 saturated heterocycles. The Bertz CT molecular complexity index is 387. The third-order valence-electron chi connectivity index (χ3n) is 2.82. The first-order chi connectivity index (χ1) is 8.34. The van der Waals surface area contributed by atoms with Gasteiger partial charge in [-0.3, -0.25) is 0 Å². The van der Waals surface area contributed by atoms with Crippen LogP contribution in [0.1, 0.15) is 46.1 Å². The second kappa shape index (κ2) is 5.89. The molecule has 18 heavy (non-hydrogen) atoms. The van der Waals surface area contributed by atoms with Crippen LogP contribution in [0.3, 0.4) is 0 Å². The summed E-state index contributed by atoms with van der Waals surface area (Å²) >= 11 is 0. The fourth-order valence-corrected chi connectivity index (χ4v) is 1.69. The van der Waals surface area contributed by atoms with Gasteiger partial charge in [0, 0.05) is 0 Å². The molecule has 0 bridgehead atoms. The van der Waals surface area contributed by atoms with Crippen molar-refractivity contribution in [3.63, 3.8) is 0 Å². The van der Waals surface area contributed by atoms with Crippen LogP contribution in [0.2, 0.25) is 0 Å². The largest absolute Gasteiger partial charge is 0.479 e. The van der Waals surface area contributed by atoms with E-state index in [1.807, 2.05) is 31.2 Å². The minimum Gasteiger partial charge on any atom is -0.479 e. The number of carboxylic acid groups (broad SMARTS) is 1. The number of rotatable bonds is 5. The second-order valence-corrected chi connectivity index (χ2v) is 5.51. The van der Waals surface area contributed by atoms with Crippen LogP contribution in [0.25, 0.3) is 0 Å². The van der Waals surface area contributed by atoms with Gasteiger partial charge in [-0.1, -0.05) is 46.2 Å².